The fourth-order valence-corrected chi connectivity index (χ4v) is 2.51. The fraction of sp³-hybridized carbons (Fsp3) is 0.389. The third kappa shape index (κ3) is 4.82. The van der Waals surface area contributed by atoms with Crippen molar-refractivity contribution in [3.05, 3.63) is 41.9 Å². The van der Waals surface area contributed by atoms with Gasteiger partial charge in [-0.3, -0.25) is 4.79 Å². The van der Waals surface area contributed by atoms with E-state index in [4.69, 9.17) is 9.47 Å². The van der Waals surface area contributed by atoms with Gasteiger partial charge in [0.05, 0.1) is 0 Å². The molecule has 2 N–H and O–H groups in total. The van der Waals surface area contributed by atoms with Crippen LogP contribution in [0.4, 0.5) is 5.82 Å². The van der Waals surface area contributed by atoms with Gasteiger partial charge in [-0.05, 0) is 44.8 Å². The van der Waals surface area contributed by atoms with E-state index in [-0.39, 0.29) is 12.7 Å². The van der Waals surface area contributed by atoms with E-state index in [0.717, 1.165) is 30.8 Å². The number of carbonyl (C=O) groups excluding carboxylic acids is 1. The largest absolute Gasteiger partial charge is 0.454 e. The number of aromatic nitrogens is 2. The summed E-state index contributed by atoms with van der Waals surface area (Å²) in [4.78, 5) is 22.7. The Kier molecular flexibility index (Phi) is 5.85. The van der Waals surface area contributed by atoms with Gasteiger partial charge in [-0.15, -0.1) is 0 Å². The van der Waals surface area contributed by atoms with E-state index in [0.29, 0.717) is 23.8 Å². The first-order chi connectivity index (χ1) is 12.6. The van der Waals surface area contributed by atoms with Crippen molar-refractivity contribution in [1.29, 1.82) is 0 Å². The van der Waals surface area contributed by atoms with Crippen LogP contribution in [0.2, 0.25) is 0 Å². The lowest BCUT2D eigenvalue weighted by Gasteiger charge is -2.10. The Labute approximate surface area is 152 Å². The molecule has 2 heterocycles. The van der Waals surface area contributed by atoms with Crippen LogP contribution < -0.4 is 20.1 Å². The Morgan fingerprint density at radius 3 is 2.88 bits per heavy atom. The van der Waals surface area contributed by atoms with Gasteiger partial charge in [-0.1, -0.05) is 6.07 Å². The van der Waals surface area contributed by atoms with E-state index in [1.54, 1.807) is 6.07 Å². The topological polar surface area (TPSA) is 88.6 Å². The van der Waals surface area contributed by atoms with Gasteiger partial charge >= 0.3 is 0 Å². The van der Waals surface area contributed by atoms with E-state index in [2.05, 4.69) is 25.5 Å². The van der Waals surface area contributed by atoms with Gasteiger partial charge in [0.15, 0.2) is 11.5 Å². The fourth-order valence-electron chi connectivity index (χ4n) is 2.51. The third-order valence-electron chi connectivity index (χ3n) is 3.88. The van der Waals surface area contributed by atoms with Gasteiger partial charge in [0.1, 0.15) is 17.8 Å². The summed E-state index contributed by atoms with van der Waals surface area (Å²) in [6.45, 7) is 2.38. The molecule has 138 valence electrons. The van der Waals surface area contributed by atoms with Crippen LogP contribution in [-0.2, 0) is 6.54 Å². The van der Waals surface area contributed by atoms with Crippen molar-refractivity contribution in [3.63, 3.8) is 0 Å². The van der Waals surface area contributed by atoms with E-state index in [9.17, 15) is 4.79 Å². The number of ether oxygens (including phenoxy) is 2. The van der Waals surface area contributed by atoms with Crippen molar-refractivity contribution in [2.45, 2.75) is 13.0 Å². The van der Waals surface area contributed by atoms with Crippen molar-refractivity contribution in [3.8, 4) is 11.5 Å². The van der Waals surface area contributed by atoms with Gasteiger partial charge in [0.2, 0.25) is 6.79 Å². The summed E-state index contributed by atoms with van der Waals surface area (Å²) in [5.74, 6) is 1.82. The quantitative estimate of drug-likeness (QED) is 0.692. The maximum atomic E-state index is 12.3. The summed E-state index contributed by atoms with van der Waals surface area (Å²) < 4.78 is 10.6. The van der Waals surface area contributed by atoms with E-state index in [1.165, 1.54) is 6.33 Å². The normalized spacial score (nSPS) is 12.3. The van der Waals surface area contributed by atoms with Crippen molar-refractivity contribution in [2.75, 3.05) is 39.3 Å². The first-order valence-corrected chi connectivity index (χ1v) is 8.49. The van der Waals surface area contributed by atoms with Crippen LogP contribution in [0.3, 0.4) is 0 Å². The molecule has 1 amide bonds. The molecular formula is C18H23N5O3. The Hall–Kier alpha value is -2.87. The number of hydrogen-bond donors (Lipinski definition) is 2. The lowest BCUT2D eigenvalue weighted by Crippen LogP contribution is -2.24. The van der Waals surface area contributed by atoms with Crippen LogP contribution in [0.25, 0.3) is 0 Å². The summed E-state index contributed by atoms with van der Waals surface area (Å²) in [5.41, 5.74) is 1.26. The van der Waals surface area contributed by atoms with Gasteiger partial charge in [0.25, 0.3) is 5.91 Å². The standard InChI is InChI=1S/C18H23N5O3/c1-23(2)7-3-6-19-17-9-14(21-11-22-17)18(24)20-10-13-4-5-15-16(8-13)26-12-25-15/h4-5,8-9,11H,3,6-7,10,12H2,1-2H3,(H,20,24)(H,19,21,22). The molecule has 0 saturated heterocycles. The molecular weight excluding hydrogens is 334 g/mol. The molecule has 0 saturated carbocycles. The number of rotatable bonds is 8. The number of anilines is 1. The van der Waals surface area contributed by atoms with Gasteiger partial charge in [-0.25, -0.2) is 9.97 Å². The molecule has 0 radical (unpaired) electrons. The van der Waals surface area contributed by atoms with Crippen LogP contribution in [0.15, 0.2) is 30.6 Å². The van der Waals surface area contributed by atoms with Crippen LogP contribution in [0.1, 0.15) is 22.5 Å². The number of fused-ring (bicyclic) bond motifs is 1. The number of carbonyl (C=O) groups is 1. The predicted octanol–water partition coefficient (Wildman–Crippen LogP) is 1.50. The second-order valence-corrected chi connectivity index (χ2v) is 6.24. The summed E-state index contributed by atoms with van der Waals surface area (Å²) >= 11 is 0. The number of amides is 1. The molecule has 0 spiro atoms. The molecule has 1 aliphatic rings. The maximum Gasteiger partial charge on any atom is 0.270 e. The van der Waals surface area contributed by atoms with Crippen LogP contribution in [0.5, 0.6) is 11.5 Å². The zero-order chi connectivity index (χ0) is 18.4. The molecule has 0 bridgehead atoms. The van der Waals surface area contributed by atoms with Crippen LogP contribution in [-0.4, -0.2) is 54.8 Å². The number of nitrogens with zero attached hydrogens (tertiary/aromatic N) is 3. The average molecular weight is 357 g/mol. The highest BCUT2D eigenvalue weighted by Gasteiger charge is 2.14. The molecule has 1 aromatic carbocycles. The molecule has 0 aliphatic carbocycles. The molecule has 1 aliphatic heterocycles. The van der Waals surface area contributed by atoms with Crippen molar-refractivity contribution in [1.82, 2.24) is 20.2 Å². The van der Waals surface area contributed by atoms with Crippen LogP contribution in [0, 0.1) is 0 Å². The molecule has 26 heavy (non-hydrogen) atoms. The SMILES string of the molecule is CN(C)CCCNc1cc(C(=O)NCc2ccc3c(c2)OCO3)ncn1. The molecule has 1 aromatic heterocycles. The third-order valence-corrected chi connectivity index (χ3v) is 3.88. The highest BCUT2D eigenvalue weighted by atomic mass is 16.7. The van der Waals surface area contributed by atoms with Gasteiger partial charge in [0, 0.05) is 19.2 Å². The summed E-state index contributed by atoms with van der Waals surface area (Å²) in [6, 6.07) is 7.25. The zero-order valence-corrected chi connectivity index (χ0v) is 15.0. The molecule has 3 rings (SSSR count). The predicted molar refractivity (Wildman–Crippen MR) is 97.4 cm³/mol. The lowest BCUT2D eigenvalue weighted by atomic mass is 10.2. The summed E-state index contributed by atoms with van der Waals surface area (Å²) in [7, 11) is 4.07. The van der Waals surface area contributed by atoms with Crippen molar-refractivity contribution in [2.24, 2.45) is 0 Å². The highest BCUT2D eigenvalue weighted by molar-refractivity contribution is 5.92. The number of benzene rings is 1. The van der Waals surface area contributed by atoms with Crippen molar-refractivity contribution < 1.29 is 14.3 Å². The monoisotopic (exact) mass is 357 g/mol. The van der Waals surface area contributed by atoms with Gasteiger partial charge < -0.3 is 25.0 Å². The molecule has 0 fully saturated rings. The molecule has 2 aromatic rings. The smallest absolute Gasteiger partial charge is 0.270 e. The van der Waals surface area contributed by atoms with E-state index >= 15 is 0 Å². The van der Waals surface area contributed by atoms with E-state index < -0.39 is 0 Å². The summed E-state index contributed by atoms with van der Waals surface area (Å²) in [5, 5.41) is 6.06. The van der Waals surface area contributed by atoms with E-state index in [1.807, 2.05) is 32.3 Å². The second kappa shape index (κ2) is 8.48. The minimum absolute atomic E-state index is 0.233. The number of nitrogens with one attached hydrogen (secondary N) is 2. The first-order valence-electron chi connectivity index (χ1n) is 8.49. The number of hydrogen-bond acceptors (Lipinski definition) is 7. The first kappa shape index (κ1) is 17.9. The minimum atomic E-state index is -0.249. The molecule has 8 nitrogen and oxygen atoms in total. The average Bonchev–Trinajstić information content (AvgIpc) is 3.11. The Balaban J connectivity index is 1.52. The summed E-state index contributed by atoms with van der Waals surface area (Å²) in [6.07, 6.45) is 2.38. The maximum absolute atomic E-state index is 12.3. The van der Waals surface area contributed by atoms with Crippen molar-refractivity contribution >= 4 is 11.7 Å². The van der Waals surface area contributed by atoms with Gasteiger partial charge in [-0.2, -0.15) is 0 Å². The molecule has 0 atom stereocenters. The molecule has 8 heteroatoms. The molecule has 0 unspecified atom stereocenters. The minimum Gasteiger partial charge on any atom is -0.454 e. The highest BCUT2D eigenvalue weighted by Crippen LogP contribution is 2.32. The Bertz CT molecular complexity index is 766. The zero-order valence-electron chi connectivity index (χ0n) is 15.0. The second-order valence-electron chi connectivity index (χ2n) is 6.24. The Morgan fingerprint density at radius 1 is 1.19 bits per heavy atom. The Morgan fingerprint density at radius 2 is 2.04 bits per heavy atom. The lowest BCUT2D eigenvalue weighted by molar-refractivity contribution is 0.0945. The van der Waals surface area contributed by atoms with Crippen LogP contribution >= 0.6 is 0 Å².